The summed E-state index contributed by atoms with van der Waals surface area (Å²) in [6.45, 7) is 6.13. The molecule has 94 valence electrons. The lowest BCUT2D eigenvalue weighted by atomic mass is 9.98. The largest absolute Gasteiger partial charge is 0.383 e. The first-order valence-corrected chi connectivity index (χ1v) is 6.14. The lowest BCUT2D eigenvalue weighted by molar-refractivity contribution is -0.120. The third kappa shape index (κ3) is 4.10. The predicted molar refractivity (Wildman–Crippen MR) is 64.2 cm³/mol. The average Bonchev–Trinajstić information content (AvgIpc) is 2.58. The summed E-state index contributed by atoms with van der Waals surface area (Å²) in [5, 5.41) is 6.14. The monoisotopic (exact) mass is 228 g/mol. The summed E-state index contributed by atoms with van der Waals surface area (Å²) >= 11 is 0. The van der Waals surface area contributed by atoms with Gasteiger partial charge in [-0.3, -0.25) is 4.79 Å². The van der Waals surface area contributed by atoms with Gasteiger partial charge in [0.2, 0.25) is 5.91 Å². The Kier molecular flexibility index (Phi) is 5.77. The van der Waals surface area contributed by atoms with Crippen molar-refractivity contribution in [1.29, 1.82) is 0 Å². The van der Waals surface area contributed by atoms with E-state index >= 15 is 0 Å². The van der Waals surface area contributed by atoms with E-state index in [-0.39, 0.29) is 5.91 Å². The third-order valence-corrected chi connectivity index (χ3v) is 3.62. The molecule has 0 spiro atoms. The van der Waals surface area contributed by atoms with Crippen molar-refractivity contribution in [3.05, 3.63) is 0 Å². The molecule has 0 radical (unpaired) electrons. The van der Waals surface area contributed by atoms with Crippen LogP contribution < -0.4 is 10.6 Å². The van der Waals surface area contributed by atoms with Crippen molar-refractivity contribution in [1.82, 2.24) is 10.6 Å². The van der Waals surface area contributed by atoms with Crippen molar-refractivity contribution >= 4 is 5.91 Å². The smallest absolute Gasteiger partial charge is 0.234 e. The van der Waals surface area contributed by atoms with E-state index in [1.54, 1.807) is 7.11 Å². The summed E-state index contributed by atoms with van der Waals surface area (Å²) in [4.78, 5) is 11.4. The first-order chi connectivity index (χ1) is 7.65. The Morgan fingerprint density at radius 1 is 1.38 bits per heavy atom. The van der Waals surface area contributed by atoms with Crippen LogP contribution in [0.2, 0.25) is 0 Å². The van der Waals surface area contributed by atoms with Crippen molar-refractivity contribution in [2.75, 3.05) is 26.8 Å². The highest BCUT2D eigenvalue weighted by Gasteiger charge is 2.29. The molecule has 1 rings (SSSR count). The van der Waals surface area contributed by atoms with Crippen LogP contribution in [-0.2, 0) is 9.53 Å². The topological polar surface area (TPSA) is 50.4 Å². The fourth-order valence-electron chi connectivity index (χ4n) is 2.23. The van der Waals surface area contributed by atoms with Crippen LogP contribution in [0.25, 0.3) is 0 Å². The Balaban J connectivity index is 2.12. The van der Waals surface area contributed by atoms with E-state index in [9.17, 15) is 4.79 Å². The van der Waals surface area contributed by atoms with Crippen LogP contribution >= 0.6 is 0 Å². The standard InChI is InChI=1S/C12H24N2O2/c1-9-4-5-11(10(9)2)14-8-12(15)13-6-7-16-3/h9-11,14H,4-8H2,1-3H3,(H,13,15). The lowest BCUT2D eigenvalue weighted by Gasteiger charge is -2.19. The van der Waals surface area contributed by atoms with Crippen LogP contribution in [0.3, 0.4) is 0 Å². The maximum absolute atomic E-state index is 11.4. The minimum Gasteiger partial charge on any atom is -0.383 e. The van der Waals surface area contributed by atoms with Gasteiger partial charge in [0.15, 0.2) is 0 Å². The minimum absolute atomic E-state index is 0.0591. The number of methoxy groups -OCH3 is 1. The van der Waals surface area contributed by atoms with Crippen LogP contribution in [0.15, 0.2) is 0 Å². The highest BCUT2D eigenvalue weighted by molar-refractivity contribution is 5.77. The Hall–Kier alpha value is -0.610. The molecule has 4 nitrogen and oxygen atoms in total. The second-order valence-electron chi connectivity index (χ2n) is 4.74. The summed E-state index contributed by atoms with van der Waals surface area (Å²) < 4.78 is 4.87. The van der Waals surface area contributed by atoms with E-state index in [0.717, 1.165) is 5.92 Å². The fourth-order valence-corrected chi connectivity index (χ4v) is 2.23. The van der Waals surface area contributed by atoms with Crippen LogP contribution in [0.1, 0.15) is 26.7 Å². The van der Waals surface area contributed by atoms with Crippen molar-refractivity contribution in [3.8, 4) is 0 Å². The molecule has 1 saturated carbocycles. The number of carbonyl (C=O) groups excluding carboxylic acids is 1. The van der Waals surface area contributed by atoms with Gasteiger partial charge in [-0.05, 0) is 24.7 Å². The molecule has 0 aromatic carbocycles. The van der Waals surface area contributed by atoms with Crippen molar-refractivity contribution in [2.45, 2.75) is 32.7 Å². The van der Waals surface area contributed by atoms with Gasteiger partial charge in [0.05, 0.1) is 13.2 Å². The molecule has 3 unspecified atom stereocenters. The van der Waals surface area contributed by atoms with E-state index < -0.39 is 0 Å². The Morgan fingerprint density at radius 2 is 2.12 bits per heavy atom. The van der Waals surface area contributed by atoms with Gasteiger partial charge in [-0.15, -0.1) is 0 Å². The second-order valence-corrected chi connectivity index (χ2v) is 4.74. The van der Waals surface area contributed by atoms with Gasteiger partial charge in [-0.1, -0.05) is 13.8 Å². The average molecular weight is 228 g/mol. The van der Waals surface area contributed by atoms with E-state index in [0.29, 0.717) is 31.7 Å². The Bertz CT molecular complexity index is 221. The van der Waals surface area contributed by atoms with Crippen LogP contribution in [-0.4, -0.2) is 38.8 Å². The van der Waals surface area contributed by atoms with Gasteiger partial charge in [0.1, 0.15) is 0 Å². The van der Waals surface area contributed by atoms with Crippen molar-refractivity contribution in [3.63, 3.8) is 0 Å². The summed E-state index contributed by atoms with van der Waals surface area (Å²) in [6, 6.07) is 0.503. The molecule has 1 aliphatic rings. The normalized spacial score (nSPS) is 29.3. The molecule has 16 heavy (non-hydrogen) atoms. The first-order valence-electron chi connectivity index (χ1n) is 6.14. The molecule has 0 aromatic rings. The Morgan fingerprint density at radius 3 is 2.69 bits per heavy atom. The van der Waals surface area contributed by atoms with E-state index in [2.05, 4.69) is 24.5 Å². The predicted octanol–water partition coefficient (Wildman–Crippen LogP) is 0.773. The molecular formula is C12H24N2O2. The molecule has 0 heterocycles. The van der Waals surface area contributed by atoms with Crippen molar-refractivity contribution < 1.29 is 9.53 Å². The zero-order valence-corrected chi connectivity index (χ0v) is 10.6. The molecule has 1 fully saturated rings. The lowest BCUT2D eigenvalue weighted by Crippen LogP contribution is -2.41. The zero-order chi connectivity index (χ0) is 12.0. The molecule has 1 amide bonds. The first kappa shape index (κ1) is 13.5. The second kappa shape index (κ2) is 6.86. The minimum atomic E-state index is 0.0591. The summed E-state index contributed by atoms with van der Waals surface area (Å²) in [5.74, 6) is 1.50. The van der Waals surface area contributed by atoms with Crippen LogP contribution in [0.5, 0.6) is 0 Å². The van der Waals surface area contributed by atoms with Crippen LogP contribution in [0, 0.1) is 11.8 Å². The SMILES string of the molecule is COCCNC(=O)CNC1CCC(C)C1C. The number of carbonyl (C=O) groups is 1. The highest BCUT2D eigenvalue weighted by atomic mass is 16.5. The van der Waals surface area contributed by atoms with Crippen molar-refractivity contribution in [2.24, 2.45) is 11.8 Å². The molecule has 3 atom stereocenters. The molecule has 0 saturated heterocycles. The molecule has 4 heteroatoms. The highest BCUT2D eigenvalue weighted by Crippen LogP contribution is 2.30. The number of nitrogens with one attached hydrogen (secondary N) is 2. The number of ether oxygens (including phenoxy) is 1. The number of hydrogen-bond acceptors (Lipinski definition) is 3. The molecular weight excluding hydrogens is 204 g/mol. The fraction of sp³-hybridized carbons (Fsp3) is 0.917. The van der Waals surface area contributed by atoms with Gasteiger partial charge in [0.25, 0.3) is 0 Å². The van der Waals surface area contributed by atoms with E-state index in [4.69, 9.17) is 4.74 Å². The van der Waals surface area contributed by atoms with E-state index in [1.807, 2.05) is 0 Å². The maximum atomic E-state index is 11.4. The number of amides is 1. The van der Waals surface area contributed by atoms with E-state index in [1.165, 1.54) is 12.8 Å². The number of rotatable bonds is 6. The summed E-state index contributed by atoms with van der Waals surface area (Å²) in [5.41, 5.74) is 0. The van der Waals surface area contributed by atoms with Gasteiger partial charge >= 0.3 is 0 Å². The quantitative estimate of drug-likeness (QED) is 0.660. The molecule has 2 N–H and O–H groups in total. The summed E-state index contributed by atoms with van der Waals surface area (Å²) in [6.07, 6.45) is 2.46. The Labute approximate surface area is 98.1 Å². The van der Waals surface area contributed by atoms with Crippen LogP contribution in [0.4, 0.5) is 0 Å². The van der Waals surface area contributed by atoms with Gasteiger partial charge in [-0.2, -0.15) is 0 Å². The zero-order valence-electron chi connectivity index (χ0n) is 10.6. The molecule has 0 aromatic heterocycles. The maximum Gasteiger partial charge on any atom is 0.234 e. The van der Waals surface area contributed by atoms with Gasteiger partial charge in [-0.25, -0.2) is 0 Å². The third-order valence-electron chi connectivity index (χ3n) is 3.62. The number of hydrogen-bond donors (Lipinski definition) is 2. The van der Waals surface area contributed by atoms with Gasteiger partial charge in [0, 0.05) is 19.7 Å². The van der Waals surface area contributed by atoms with Gasteiger partial charge < -0.3 is 15.4 Å². The molecule has 0 bridgehead atoms. The summed E-state index contributed by atoms with van der Waals surface area (Å²) in [7, 11) is 1.63. The molecule has 0 aliphatic heterocycles. The molecule has 1 aliphatic carbocycles.